The molecule has 1 heterocycles. The number of thiazole rings is 1. The van der Waals surface area contributed by atoms with E-state index in [-0.39, 0.29) is 5.91 Å². The maximum Gasteiger partial charge on any atom is 0.251 e. The molecular formula is C16H21N3OS. The van der Waals surface area contributed by atoms with Crippen LogP contribution in [-0.2, 0) is 6.54 Å². The van der Waals surface area contributed by atoms with Crippen LogP contribution in [0.4, 0.5) is 5.69 Å². The second-order valence-electron chi connectivity index (χ2n) is 5.02. The van der Waals surface area contributed by atoms with Gasteiger partial charge in [0, 0.05) is 28.9 Å². The van der Waals surface area contributed by atoms with Gasteiger partial charge in [-0.25, -0.2) is 4.98 Å². The van der Waals surface area contributed by atoms with Crippen molar-refractivity contribution in [3.8, 4) is 0 Å². The van der Waals surface area contributed by atoms with E-state index in [4.69, 9.17) is 0 Å². The minimum absolute atomic E-state index is 0.0533. The smallest absolute Gasteiger partial charge is 0.251 e. The van der Waals surface area contributed by atoms with Crippen LogP contribution in [0.25, 0.3) is 0 Å². The van der Waals surface area contributed by atoms with Crippen molar-refractivity contribution in [2.45, 2.75) is 33.7 Å². The van der Waals surface area contributed by atoms with Gasteiger partial charge in [0.1, 0.15) is 5.01 Å². The number of amides is 1. The SMILES string of the molecule is CCCNc1ccc(C(=O)NCc2nc(C)cs2)c(C)c1. The topological polar surface area (TPSA) is 54.0 Å². The number of nitrogens with one attached hydrogen (secondary N) is 2. The first-order chi connectivity index (χ1) is 10.1. The van der Waals surface area contributed by atoms with E-state index < -0.39 is 0 Å². The van der Waals surface area contributed by atoms with Gasteiger partial charge in [0.05, 0.1) is 6.54 Å². The Labute approximate surface area is 129 Å². The van der Waals surface area contributed by atoms with Gasteiger partial charge in [-0.1, -0.05) is 6.92 Å². The summed E-state index contributed by atoms with van der Waals surface area (Å²) in [6.45, 7) is 7.45. The number of hydrogen-bond donors (Lipinski definition) is 2. The van der Waals surface area contributed by atoms with Crippen LogP contribution in [0, 0.1) is 13.8 Å². The minimum Gasteiger partial charge on any atom is -0.385 e. The molecule has 0 fully saturated rings. The Morgan fingerprint density at radius 1 is 1.33 bits per heavy atom. The fraction of sp³-hybridized carbons (Fsp3) is 0.375. The highest BCUT2D eigenvalue weighted by atomic mass is 32.1. The lowest BCUT2D eigenvalue weighted by molar-refractivity contribution is 0.0950. The van der Waals surface area contributed by atoms with Gasteiger partial charge < -0.3 is 10.6 Å². The number of benzene rings is 1. The summed E-state index contributed by atoms with van der Waals surface area (Å²) in [5.74, 6) is -0.0533. The van der Waals surface area contributed by atoms with Gasteiger partial charge in [0.25, 0.3) is 5.91 Å². The first kappa shape index (κ1) is 15.5. The van der Waals surface area contributed by atoms with Gasteiger partial charge in [-0.05, 0) is 44.0 Å². The molecule has 2 N–H and O–H groups in total. The quantitative estimate of drug-likeness (QED) is 0.858. The highest BCUT2D eigenvalue weighted by molar-refractivity contribution is 7.09. The second-order valence-corrected chi connectivity index (χ2v) is 5.96. The molecule has 0 atom stereocenters. The number of aryl methyl sites for hydroxylation is 2. The first-order valence-corrected chi connectivity index (χ1v) is 8.02. The molecule has 0 bridgehead atoms. The lowest BCUT2D eigenvalue weighted by Gasteiger charge is -2.10. The van der Waals surface area contributed by atoms with Crippen molar-refractivity contribution in [1.82, 2.24) is 10.3 Å². The van der Waals surface area contributed by atoms with E-state index >= 15 is 0 Å². The van der Waals surface area contributed by atoms with Crippen LogP contribution in [0.2, 0.25) is 0 Å². The van der Waals surface area contributed by atoms with Crippen LogP contribution in [0.1, 0.15) is 40.0 Å². The Hall–Kier alpha value is -1.88. The van der Waals surface area contributed by atoms with Crippen molar-refractivity contribution in [1.29, 1.82) is 0 Å². The van der Waals surface area contributed by atoms with Crippen molar-refractivity contribution in [3.05, 3.63) is 45.4 Å². The maximum atomic E-state index is 12.2. The number of hydrogen-bond acceptors (Lipinski definition) is 4. The van der Waals surface area contributed by atoms with Crippen LogP contribution >= 0.6 is 11.3 Å². The number of anilines is 1. The lowest BCUT2D eigenvalue weighted by atomic mass is 10.1. The molecule has 2 rings (SSSR count). The predicted octanol–water partition coefficient (Wildman–Crippen LogP) is 3.51. The van der Waals surface area contributed by atoms with Crippen molar-refractivity contribution in [2.24, 2.45) is 0 Å². The molecule has 1 amide bonds. The van der Waals surface area contributed by atoms with Crippen LogP contribution < -0.4 is 10.6 Å². The van der Waals surface area contributed by atoms with E-state index in [0.717, 1.165) is 34.9 Å². The number of rotatable bonds is 6. The molecule has 0 saturated heterocycles. The Bertz CT molecular complexity index is 622. The molecule has 2 aromatic rings. The summed E-state index contributed by atoms with van der Waals surface area (Å²) in [6.07, 6.45) is 1.08. The third kappa shape index (κ3) is 4.29. The first-order valence-electron chi connectivity index (χ1n) is 7.14. The van der Waals surface area contributed by atoms with Gasteiger partial charge in [0.2, 0.25) is 0 Å². The van der Waals surface area contributed by atoms with Crippen molar-refractivity contribution in [2.75, 3.05) is 11.9 Å². The third-order valence-electron chi connectivity index (χ3n) is 3.12. The predicted molar refractivity (Wildman–Crippen MR) is 88.0 cm³/mol. The molecule has 0 radical (unpaired) electrons. The van der Waals surface area contributed by atoms with E-state index in [2.05, 4.69) is 22.5 Å². The van der Waals surface area contributed by atoms with E-state index in [1.807, 2.05) is 37.4 Å². The largest absolute Gasteiger partial charge is 0.385 e. The van der Waals surface area contributed by atoms with Gasteiger partial charge in [0.15, 0.2) is 0 Å². The summed E-state index contributed by atoms with van der Waals surface area (Å²) in [5, 5.41) is 9.16. The average Bonchev–Trinajstić information content (AvgIpc) is 2.88. The number of carbonyl (C=O) groups is 1. The van der Waals surface area contributed by atoms with E-state index in [1.165, 1.54) is 0 Å². The summed E-state index contributed by atoms with van der Waals surface area (Å²) in [5.41, 5.74) is 3.74. The van der Waals surface area contributed by atoms with Gasteiger partial charge in [-0.3, -0.25) is 4.79 Å². The number of aromatic nitrogens is 1. The minimum atomic E-state index is -0.0533. The molecule has 0 saturated carbocycles. The molecule has 0 aliphatic rings. The fourth-order valence-corrected chi connectivity index (χ4v) is 2.74. The molecule has 21 heavy (non-hydrogen) atoms. The molecule has 0 aliphatic heterocycles. The summed E-state index contributed by atoms with van der Waals surface area (Å²) in [7, 11) is 0. The molecule has 0 unspecified atom stereocenters. The van der Waals surface area contributed by atoms with Crippen molar-refractivity contribution >= 4 is 22.9 Å². The summed E-state index contributed by atoms with van der Waals surface area (Å²) in [4.78, 5) is 16.6. The zero-order valence-electron chi connectivity index (χ0n) is 12.7. The highest BCUT2D eigenvalue weighted by Gasteiger charge is 2.10. The molecule has 1 aromatic heterocycles. The van der Waals surface area contributed by atoms with Crippen molar-refractivity contribution in [3.63, 3.8) is 0 Å². The number of nitrogens with zero attached hydrogens (tertiary/aromatic N) is 1. The van der Waals surface area contributed by atoms with Crippen LogP contribution in [0.15, 0.2) is 23.6 Å². The second kappa shape index (κ2) is 7.22. The van der Waals surface area contributed by atoms with Gasteiger partial charge >= 0.3 is 0 Å². The van der Waals surface area contributed by atoms with Gasteiger partial charge in [-0.2, -0.15) is 0 Å². The standard InChI is InChI=1S/C16H21N3OS/c1-4-7-17-13-5-6-14(11(2)8-13)16(20)18-9-15-19-12(3)10-21-15/h5-6,8,10,17H,4,7,9H2,1-3H3,(H,18,20). The molecule has 0 aliphatic carbocycles. The monoisotopic (exact) mass is 303 g/mol. The molecule has 0 spiro atoms. The Kier molecular flexibility index (Phi) is 5.33. The fourth-order valence-electron chi connectivity index (χ4n) is 2.03. The maximum absolute atomic E-state index is 12.2. The average molecular weight is 303 g/mol. The van der Waals surface area contributed by atoms with E-state index in [1.54, 1.807) is 11.3 Å². The normalized spacial score (nSPS) is 10.4. The summed E-state index contributed by atoms with van der Waals surface area (Å²) < 4.78 is 0. The van der Waals surface area contributed by atoms with Crippen LogP contribution in [0.3, 0.4) is 0 Å². The zero-order chi connectivity index (χ0) is 15.2. The number of carbonyl (C=O) groups excluding carboxylic acids is 1. The molecule has 5 heteroatoms. The molecule has 4 nitrogen and oxygen atoms in total. The van der Waals surface area contributed by atoms with Crippen LogP contribution in [0.5, 0.6) is 0 Å². The van der Waals surface area contributed by atoms with Crippen LogP contribution in [-0.4, -0.2) is 17.4 Å². The molecule has 112 valence electrons. The third-order valence-corrected chi connectivity index (χ3v) is 4.08. The Morgan fingerprint density at radius 2 is 2.14 bits per heavy atom. The Morgan fingerprint density at radius 3 is 2.76 bits per heavy atom. The lowest BCUT2D eigenvalue weighted by Crippen LogP contribution is -2.23. The highest BCUT2D eigenvalue weighted by Crippen LogP contribution is 2.16. The molecular weight excluding hydrogens is 282 g/mol. The summed E-state index contributed by atoms with van der Waals surface area (Å²) in [6, 6.07) is 5.83. The Balaban J connectivity index is 1.98. The van der Waals surface area contributed by atoms with E-state index in [0.29, 0.717) is 12.1 Å². The molecule has 1 aromatic carbocycles. The summed E-state index contributed by atoms with van der Waals surface area (Å²) >= 11 is 1.57. The van der Waals surface area contributed by atoms with E-state index in [9.17, 15) is 4.79 Å². The zero-order valence-corrected chi connectivity index (χ0v) is 13.5. The van der Waals surface area contributed by atoms with Gasteiger partial charge in [-0.15, -0.1) is 11.3 Å². The van der Waals surface area contributed by atoms with Crippen molar-refractivity contribution < 1.29 is 4.79 Å².